The summed E-state index contributed by atoms with van der Waals surface area (Å²) in [6.45, 7) is 5.61. The van der Waals surface area contributed by atoms with Crippen LogP contribution in [0, 0.1) is 6.92 Å². The molecule has 1 aromatic heterocycles. The molecule has 2 atom stereocenters. The minimum atomic E-state index is -0.810. The first-order valence-electron chi connectivity index (χ1n) is 12.3. The predicted molar refractivity (Wildman–Crippen MR) is 136 cm³/mol. The van der Waals surface area contributed by atoms with E-state index < -0.39 is 17.1 Å². The molecule has 2 fully saturated rings. The van der Waals surface area contributed by atoms with Crippen molar-refractivity contribution in [2.24, 2.45) is 0 Å². The van der Waals surface area contributed by atoms with Crippen LogP contribution in [0.25, 0.3) is 0 Å². The first-order chi connectivity index (χ1) is 16.8. The predicted octanol–water partition coefficient (Wildman–Crippen LogP) is 2.56. The van der Waals surface area contributed by atoms with Crippen LogP contribution in [0.4, 0.5) is 0 Å². The van der Waals surface area contributed by atoms with Crippen LogP contribution in [-0.4, -0.2) is 67.6 Å². The third-order valence-electron chi connectivity index (χ3n) is 7.52. The minimum absolute atomic E-state index is 0.0162. The Labute approximate surface area is 209 Å². The number of rotatable bonds is 4. The summed E-state index contributed by atoms with van der Waals surface area (Å²) in [5, 5.41) is 13.5. The number of carbonyl (C=O) groups is 2. The number of amides is 2. The molecule has 2 aromatic rings. The lowest BCUT2D eigenvalue weighted by Gasteiger charge is -2.53. The van der Waals surface area contributed by atoms with Gasteiger partial charge in [0.25, 0.3) is 11.8 Å². The highest BCUT2D eigenvalue weighted by Gasteiger charge is 2.45. The highest BCUT2D eigenvalue weighted by molar-refractivity contribution is 7.99. The number of benzene rings is 1. The maximum atomic E-state index is 13.6. The van der Waals surface area contributed by atoms with Crippen LogP contribution in [0.5, 0.6) is 5.75 Å². The summed E-state index contributed by atoms with van der Waals surface area (Å²) in [6.07, 6.45) is 4.33. The third-order valence-corrected chi connectivity index (χ3v) is 8.56. The molecule has 3 aliphatic rings. The molecule has 8 nitrogen and oxygen atoms in total. The summed E-state index contributed by atoms with van der Waals surface area (Å²) in [4.78, 5) is 43.7. The van der Waals surface area contributed by atoms with Crippen molar-refractivity contribution in [3.63, 3.8) is 0 Å². The number of fused-ring (bicyclic) bond motifs is 2. The number of thioether (sulfide) groups is 1. The van der Waals surface area contributed by atoms with Crippen LogP contribution in [0.3, 0.4) is 0 Å². The Morgan fingerprint density at radius 2 is 1.86 bits per heavy atom. The van der Waals surface area contributed by atoms with E-state index in [0.29, 0.717) is 12.6 Å². The van der Waals surface area contributed by atoms with E-state index in [9.17, 15) is 19.5 Å². The van der Waals surface area contributed by atoms with E-state index in [0.717, 1.165) is 48.4 Å². The van der Waals surface area contributed by atoms with E-state index in [1.54, 1.807) is 4.57 Å². The number of hydrogen-bond donors (Lipinski definition) is 2. The van der Waals surface area contributed by atoms with Gasteiger partial charge >= 0.3 is 0 Å². The highest BCUT2D eigenvalue weighted by atomic mass is 32.2. The molecule has 186 valence electrons. The van der Waals surface area contributed by atoms with Crippen LogP contribution in [0.15, 0.2) is 35.3 Å². The molecule has 3 aliphatic heterocycles. The van der Waals surface area contributed by atoms with Crippen molar-refractivity contribution in [1.29, 1.82) is 0 Å². The lowest BCUT2D eigenvalue weighted by Crippen LogP contribution is -2.66. The van der Waals surface area contributed by atoms with Crippen LogP contribution >= 0.6 is 11.8 Å². The van der Waals surface area contributed by atoms with Crippen molar-refractivity contribution in [2.45, 2.75) is 64.4 Å². The maximum Gasteiger partial charge on any atom is 0.276 e. The van der Waals surface area contributed by atoms with Crippen LogP contribution in [0.2, 0.25) is 0 Å². The van der Waals surface area contributed by atoms with Gasteiger partial charge in [-0.15, -0.1) is 0 Å². The molecule has 0 spiro atoms. The molecule has 0 bridgehead atoms. The smallest absolute Gasteiger partial charge is 0.276 e. The average molecular weight is 497 g/mol. The molecule has 2 saturated heterocycles. The van der Waals surface area contributed by atoms with Crippen molar-refractivity contribution < 1.29 is 14.7 Å². The van der Waals surface area contributed by atoms with Crippen molar-refractivity contribution >= 4 is 23.6 Å². The number of carbonyl (C=O) groups excluding carboxylic acids is 2. The van der Waals surface area contributed by atoms with Gasteiger partial charge in [0.1, 0.15) is 11.7 Å². The molecule has 0 aliphatic carbocycles. The minimum Gasteiger partial charge on any atom is -0.503 e. The van der Waals surface area contributed by atoms with Gasteiger partial charge in [-0.2, -0.15) is 11.8 Å². The van der Waals surface area contributed by atoms with Crippen LogP contribution in [0.1, 0.15) is 58.2 Å². The first-order valence-corrected chi connectivity index (χ1v) is 13.5. The fourth-order valence-corrected chi connectivity index (χ4v) is 6.59. The number of aromatic nitrogens is 1. The summed E-state index contributed by atoms with van der Waals surface area (Å²) in [5.74, 6) is 0.688. The molecule has 9 heteroatoms. The van der Waals surface area contributed by atoms with Gasteiger partial charge < -0.3 is 19.9 Å². The zero-order valence-corrected chi connectivity index (χ0v) is 21.0. The Morgan fingerprint density at radius 1 is 1.14 bits per heavy atom. The summed E-state index contributed by atoms with van der Waals surface area (Å²) < 4.78 is 1.61. The molecule has 1 aromatic carbocycles. The quantitative estimate of drug-likeness (QED) is 0.676. The lowest BCUT2D eigenvalue weighted by molar-refractivity contribution is -0.0530. The van der Waals surface area contributed by atoms with E-state index in [1.165, 1.54) is 6.20 Å². The van der Waals surface area contributed by atoms with Crippen LogP contribution in [-0.2, 0) is 13.1 Å². The van der Waals surface area contributed by atoms with Gasteiger partial charge in [0.15, 0.2) is 11.4 Å². The Hall–Kier alpha value is -2.78. The Bertz CT molecular complexity index is 1190. The monoisotopic (exact) mass is 496 g/mol. The summed E-state index contributed by atoms with van der Waals surface area (Å²) in [7, 11) is 0. The van der Waals surface area contributed by atoms with E-state index >= 15 is 0 Å². The maximum absolute atomic E-state index is 13.6. The van der Waals surface area contributed by atoms with E-state index in [2.05, 4.69) is 10.2 Å². The molecule has 0 unspecified atom stereocenters. The Morgan fingerprint density at radius 3 is 2.57 bits per heavy atom. The molecular weight excluding hydrogens is 464 g/mol. The first kappa shape index (κ1) is 23.9. The lowest BCUT2D eigenvalue weighted by atomic mass is 9.99. The van der Waals surface area contributed by atoms with Crippen molar-refractivity contribution in [2.75, 3.05) is 18.1 Å². The number of aryl methyl sites for hydroxylation is 1. The number of nitrogens with one attached hydrogen (secondary N) is 1. The molecule has 35 heavy (non-hydrogen) atoms. The topological polar surface area (TPSA) is 94.9 Å². The number of nitrogens with zero attached hydrogens (tertiary/aromatic N) is 3. The second-order valence-electron chi connectivity index (χ2n) is 9.80. The number of hydrogen-bond acceptors (Lipinski definition) is 6. The van der Waals surface area contributed by atoms with Crippen LogP contribution < -0.4 is 10.7 Å². The second-order valence-corrected chi connectivity index (χ2v) is 11.0. The summed E-state index contributed by atoms with van der Waals surface area (Å²) in [6, 6.07) is 8.19. The zero-order chi connectivity index (χ0) is 24.7. The SMILES string of the molecule is Cc1ccc(CNC(=O)c2cn3c(c(O)c2=O)C(=O)N2[C@@H](C)CCN(C4CCSCC4)[C@@H]2C3)cc1. The molecule has 2 N–H and O–H groups in total. The van der Waals surface area contributed by atoms with Gasteiger partial charge in [-0.25, -0.2) is 0 Å². The average Bonchev–Trinajstić information content (AvgIpc) is 2.86. The molecule has 4 heterocycles. The molecule has 0 radical (unpaired) electrons. The van der Waals surface area contributed by atoms with Crippen molar-refractivity contribution in [3.8, 4) is 5.75 Å². The summed E-state index contributed by atoms with van der Waals surface area (Å²) >= 11 is 1.97. The van der Waals surface area contributed by atoms with Gasteiger partial charge in [-0.1, -0.05) is 29.8 Å². The molecule has 5 rings (SSSR count). The standard InChI is InChI=1S/C26H32N4O4S/c1-16-3-5-18(6-4-16)13-27-25(33)20-14-28-15-21-29(19-8-11-35-12-9-19)10-7-17(2)30(21)26(34)22(28)24(32)23(20)31/h3-6,14,17,19,21,32H,7-13,15H2,1-2H3,(H,27,33)/t17-,21-/m0/s1. The fourth-order valence-electron chi connectivity index (χ4n) is 5.51. The number of pyridine rings is 1. The zero-order valence-electron chi connectivity index (χ0n) is 20.2. The highest BCUT2D eigenvalue weighted by Crippen LogP contribution is 2.34. The third kappa shape index (κ3) is 4.47. The van der Waals surface area contributed by atoms with Crippen molar-refractivity contribution in [3.05, 3.63) is 63.1 Å². The summed E-state index contributed by atoms with van der Waals surface area (Å²) in [5.41, 5.74) is 1.05. The normalized spacial score (nSPS) is 23.0. The molecule has 2 amide bonds. The molecular formula is C26H32N4O4S. The Kier molecular flexibility index (Phi) is 6.63. The van der Waals surface area contributed by atoms with E-state index in [1.807, 2.05) is 54.8 Å². The van der Waals surface area contributed by atoms with Gasteiger partial charge in [-0.05, 0) is 50.2 Å². The Balaban J connectivity index is 1.44. The molecule has 0 saturated carbocycles. The largest absolute Gasteiger partial charge is 0.503 e. The van der Waals surface area contributed by atoms with E-state index in [4.69, 9.17) is 0 Å². The van der Waals surface area contributed by atoms with E-state index in [-0.39, 0.29) is 35.9 Å². The second kappa shape index (κ2) is 9.70. The van der Waals surface area contributed by atoms with Gasteiger partial charge in [0.2, 0.25) is 5.43 Å². The van der Waals surface area contributed by atoms with Gasteiger partial charge in [0, 0.05) is 31.4 Å². The van der Waals surface area contributed by atoms with Gasteiger partial charge in [0.05, 0.1) is 6.54 Å². The number of aromatic hydroxyl groups is 1. The van der Waals surface area contributed by atoms with Crippen molar-refractivity contribution in [1.82, 2.24) is 19.7 Å². The fraction of sp³-hybridized carbons (Fsp3) is 0.500. The van der Waals surface area contributed by atoms with Gasteiger partial charge in [-0.3, -0.25) is 19.3 Å².